The van der Waals surface area contributed by atoms with E-state index in [-0.39, 0.29) is 18.8 Å². The third-order valence-corrected chi connectivity index (χ3v) is 2.53. The van der Waals surface area contributed by atoms with E-state index < -0.39 is 5.97 Å². The van der Waals surface area contributed by atoms with Crippen molar-refractivity contribution >= 4 is 11.9 Å². The molecule has 0 saturated heterocycles. The number of rotatable bonds is 11. The van der Waals surface area contributed by atoms with Crippen LogP contribution < -0.4 is 0 Å². The topological polar surface area (TPSA) is 63.6 Å². The van der Waals surface area contributed by atoms with Crippen molar-refractivity contribution in [3.05, 3.63) is 0 Å². The van der Waals surface area contributed by atoms with Crippen LogP contribution in [0.25, 0.3) is 0 Å². The molecule has 0 saturated carbocycles. The SMILES string of the molecule is CCCCCCCCOC(=O)CCCC(=O)O. The molecule has 100 valence electrons. The van der Waals surface area contributed by atoms with Crippen LogP contribution in [-0.4, -0.2) is 23.7 Å². The van der Waals surface area contributed by atoms with Crippen molar-refractivity contribution in [1.82, 2.24) is 0 Å². The van der Waals surface area contributed by atoms with Crippen molar-refractivity contribution in [3.8, 4) is 0 Å². The maximum atomic E-state index is 11.1. The summed E-state index contributed by atoms with van der Waals surface area (Å²) >= 11 is 0. The molecule has 0 aliphatic heterocycles. The summed E-state index contributed by atoms with van der Waals surface area (Å²) in [5, 5.41) is 8.39. The lowest BCUT2D eigenvalue weighted by molar-refractivity contribution is -0.144. The summed E-state index contributed by atoms with van der Waals surface area (Å²) in [6, 6.07) is 0. The first kappa shape index (κ1) is 15.9. The van der Waals surface area contributed by atoms with Crippen LogP contribution in [0, 0.1) is 0 Å². The Morgan fingerprint density at radius 2 is 1.59 bits per heavy atom. The number of carboxylic acids is 1. The van der Waals surface area contributed by atoms with Gasteiger partial charge in [-0.3, -0.25) is 9.59 Å². The summed E-state index contributed by atoms with van der Waals surface area (Å²) in [4.78, 5) is 21.4. The van der Waals surface area contributed by atoms with Crippen molar-refractivity contribution in [2.75, 3.05) is 6.61 Å². The molecule has 0 bridgehead atoms. The summed E-state index contributed by atoms with van der Waals surface area (Å²) in [6.45, 7) is 2.65. The van der Waals surface area contributed by atoms with Gasteiger partial charge in [0.15, 0.2) is 0 Å². The van der Waals surface area contributed by atoms with Crippen LogP contribution in [0.5, 0.6) is 0 Å². The smallest absolute Gasteiger partial charge is 0.305 e. The lowest BCUT2D eigenvalue weighted by Gasteiger charge is -2.04. The van der Waals surface area contributed by atoms with Gasteiger partial charge in [-0.1, -0.05) is 39.0 Å². The molecule has 0 aromatic heterocycles. The van der Waals surface area contributed by atoms with Gasteiger partial charge in [0.05, 0.1) is 6.61 Å². The minimum absolute atomic E-state index is 0.0338. The Kier molecular flexibility index (Phi) is 10.7. The van der Waals surface area contributed by atoms with E-state index in [0.29, 0.717) is 13.0 Å². The van der Waals surface area contributed by atoms with E-state index in [2.05, 4.69) is 6.92 Å². The molecular formula is C13H24O4. The quantitative estimate of drug-likeness (QED) is 0.448. The monoisotopic (exact) mass is 244 g/mol. The highest BCUT2D eigenvalue weighted by Gasteiger charge is 2.04. The van der Waals surface area contributed by atoms with E-state index in [1.807, 2.05) is 0 Å². The molecule has 1 N–H and O–H groups in total. The van der Waals surface area contributed by atoms with Gasteiger partial charge in [0.2, 0.25) is 0 Å². The molecule has 0 heterocycles. The Morgan fingerprint density at radius 3 is 2.24 bits per heavy atom. The van der Waals surface area contributed by atoms with E-state index in [1.54, 1.807) is 0 Å². The average molecular weight is 244 g/mol. The van der Waals surface area contributed by atoms with Crippen molar-refractivity contribution in [1.29, 1.82) is 0 Å². The van der Waals surface area contributed by atoms with E-state index >= 15 is 0 Å². The Bertz CT molecular complexity index is 213. The highest BCUT2D eigenvalue weighted by Crippen LogP contribution is 2.05. The summed E-state index contributed by atoms with van der Waals surface area (Å²) in [7, 11) is 0. The largest absolute Gasteiger partial charge is 0.481 e. The van der Waals surface area contributed by atoms with E-state index in [4.69, 9.17) is 9.84 Å². The van der Waals surface area contributed by atoms with Crippen molar-refractivity contribution in [2.24, 2.45) is 0 Å². The zero-order valence-electron chi connectivity index (χ0n) is 10.7. The molecule has 0 radical (unpaired) electrons. The average Bonchev–Trinajstić information content (AvgIpc) is 2.27. The predicted octanol–water partition coefficient (Wildman–Crippen LogP) is 3.15. The van der Waals surface area contributed by atoms with Gasteiger partial charge in [-0.05, 0) is 12.8 Å². The van der Waals surface area contributed by atoms with Crippen LogP contribution in [0.2, 0.25) is 0 Å². The second-order valence-electron chi connectivity index (χ2n) is 4.24. The van der Waals surface area contributed by atoms with Crippen molar-refractivity contribution < 1.29 is 19.4 Å². The van der Waals surface area contributed by atoms with Crippen molar-refractivity contribution in [2.45, 2.75) is 64.7 Å². The standard InChI is InChI=1S/C13H24O4/c1-2-3-4-5-6-7-11-17-13(16)10-8-9-12(14)15/h2-11H2,1H3,(H,14,15). The lowest BCUT2D eigenvalue weighted by atomic mass is 10.1. The fourth-order valence-electron chi connectivity index (χ4n) is 1.52. The van der Waals surface area contributed by atoms with Gasteiger partial charge >= 0.3 is 11.9 Å². The molecular weight excluding hydrogens is 220 g/mol. The molecule has 0 rings (SSSR count). The number of carbonyl (C=O) groups excluding carboxylic acids is 1. The Hall–Kier alpha value is -1.06. The van der Waals surface area contributed by atoms with Gasteiger partial charge in [-0.25, -0.2) is 0 Å². The van der Waals surface area contributed by atoms with Gasteiger partial charge in [0.1, 0.15) is 0 Å². The fraction of sp³-hybridized carbons (Fsp3) is 0.846. The molecule has 0 aromatic rings. The Balaban J connectivity index is 3.19. The maximum Gasteiger partial charge on any atom is 0.305 e. The molecule has 0 aliphatic rings. The number of carbonyl (C=O) groups is 2. The van der Waals surface area contributed by atoms with Gasteiger partial charge in [-0.15, -0.1) is 0 Å². The van der Waals surface area contributed by atoms with Crippen LogP contribution in [0.1, 0.15) is 64.7 Å². The molecule has 0 aromatic carbocycles. The molecule has 0 aliphatic carbocycles. The summed E-state index contributed by atoms with van der Waals surface area (Å²) < 4.78 is 5.00. The maximum absolute atomic E-state index is 11.1. The normalized spacial score (nSPS) is 10.2. The molecule has 0 fully saturated rings. The van der Waals surface area contributed by atoms with E-state index in [1.165, 1.54) is 25.7 Å². The molecule has 4 nitrogen and oxygen atoms in total. The second kappa shape index (κ2) is 11.4. The van der Waals surface area contributed by atoms with Crippen LogP contribution in [0.3, 0.4) is 0 Å². The third-order valence-electron chi connectivity index (χ3n) is 2.53. The van der Waals surface area contributed by atoms with E-state index in [9.17, 15) is 9.59 Å². The zero-order valence-corrected chi connectivity index (χ0v) is 10.7. The number of carboxylic acid groups (broad SMARTS) is 1. The predicted molar refractivity (Wildman–Crippen MR) is 65.8 cm³/mol. The van der Waals surface area contributed by atoms with Crippen LogP contribution in [-0.2, 0) is 14.3 Å². The molecule has 0 unspecified atom stereocenters. The van der Waals surface area contributed by atoms with Crippen LogP contribution in [0.4, 0.5) is 0 Å². The Morgan fingerprint density at radius 1 is 0.941 bits per heavy atom. The number of ether oxygens (including phenoxy) is 1. The fourth-order valence-corrected chi connectivity index (χ4v) is 1.52. The summed E-state index contributed by atoms with van der Waals surface area (Å²) in [6.07, 6.45) is 7.58. The third kappa shape index (κ3) is 12.9. The number of hydrogen-bond acceptors (Lipinski definition) is 3. The zero-order chi connectivity index (χ0) is 12.9. The molecule has 0 atom stereocenters. The van der Waals surface area contributed by atoms with Crippen LogP contribution in [0.15, 0.2) is 0 Å². The number of unbranched alkanes of at least 4 members (excludes halogenated alkanes) is 5. The summed E-state index contributed by atoms with van der Waals surface area (Å²) in [5.41, 5.74) is 0. The highest BCUT2D eigenvalue weighted by atomic mass is 16.5. The number of hydrogen-bond donors (Lipinski definition) is 1. The Labute approximate surface area is 103 Å². The first-order chi connectivity index (χ1) is 8.16. The molecule has 4 heteroatoms. The van der Waals surface area contributed by atoms with Gasteiger partial charge in [-0.2, -0.15) is 0 Å². The van der Waals surface area contributed by atoms with Gasteiger partial charge in [0.25, 0.3) is 0 Å². The summed E-state index contributed by atoms with van der Waals surface area (Å²) in [5.74, 6) is -1.14. The van der Waals surface area contributed by atoms with E-state index in [0.717, 1.165) is 12.8 Å². The molecule has 17 heavy (non-hydrogen) atoms. The van der Waals surface area contributed by atoms with Crippen LogP contribution >= 0.6 is 0 Å². The van der Waals surface area contributed by atoms with Gasteiger partial charge in [0, 0.05) is 12.8 Å². The van der Waals surface area contributed by atoms with Gasteiger partial charge < -0.3 is 9.84 Å². The highest BCUT2D eigenvalue weighted by molar-refractivity contribution is 5.71. The first-order valence-electron chi connectivity index (χ1n) is 6.54. The molecule has 0 amide bonds. The number of aliphatic carboxylic acids is 1. The first-order valence-corrected chi connectivity index (χ1v) is 6.54. The van der Waals surface area contributed by atoms with Crippen molar-refractivity contribution in [3.63, 3.8) is 0 Å². The second-order valence-corrected chi connectivity index (χ2v) is 4.24. The number of esters is 1. The lowest BCUT2D eigenvalue weighted by Crippen LogP contribution is -2.06. The molecule has 0 spiro atoms. The minimum Gasteiger partial charge on any atom is -0.481 e. The minimum atomic E-state index is -0.867.